The SMILES string of the molecule is CC/C=C\C/C=C\C/C=C\C/C=C\C/C=C\C/C=C\C/C=C\C/C=C\C/C=C\CCCCCCCC(=O)OCC(COC(=O)CCCCCCCCCCCCCC)OC(=O)CCC/C=C\C/C=C\C/C=C\C/C=C\C/C=C\CC. The summed E-state index contributed by atoms with van der Waals surface area (Å²) in [5, 5.41) is 0. The summed E-state index contributed by atoms with van der Waals surface area (Å²) < 4.78 is 16.8. The second-order valence-corrected chi connectivity index (χ2v) is 20.6. The van der Waals surface area contributed by atoms with Crippen LogP contribution < -0.4 is 0 Å². The molecule has 0 bridgehead atoms. The van der Waals surface area contributed by atoms with Gasteiger partial charge in [-0.05, 0) is 128 Å². The third-order valence-electron chi connectivity index (χ3n) is 13.0. The highest BCUT2D eigenvalue weighted by molar-refractivity contribution is 5.71. The monoisotopic (exact) mass is 1100 g/mol. The van der Waals surface area contributed by atoms with Crippen LogP contribution in [0.3, 0.4) is 0 Å². The maximum absolute atomic E-state index is 12.9. The van der Waals surface area contributed by atoms with Gasteiger partial charge >= 0.3 is 17.9 Å². The van der Waals surface area contributed by atoms with E-state index in [4.69, 9.17) is 14.2 Å². The van der Waals surface area contributed by atoms with Crippen molar-refractivity contribution < 1.29 is 28.6 Å². The number of carbonyl (C=O) groups excluding carboxylic acids is 3. The molecule has 0 amide bonds. The van der Waals surface area contributed by atoms with Gasteiger partial charge in [-0.1, -0.05) is 281 Å². The standard InChI is InChI=1S/C74H116O6/c1-4-7-10-13-16-19-22-25-27-29-30-31-32-33-34-35-36-37-38-39-40-41-42-43-44-46-47-49-52-55-58-61-64-67-73(76)79-70-71(69-78-72(75)66-63-60-57-54-51-24-21-18-15-12-9-6-3)80-74(77)68-65-62-59-56-53-50-48-45-28-26-23-20-17-14-11-8-5-2/h7-8,10-11,16-17,19-20,25-28,30-31,33-34,36-37,39-40,42-43,46-48,50,56,59,71H,4-6,9,12-15,18,21-24,29,32,35,38,41,44-45,49,51-55,57-58,60-70H2,1-3H3/b10-7-,11-8-,19-16-,20-17-,27-25-,28-26-,31-30-,34-33-,37-36-,40-39-,43-42-,47-46-,50-48-,59-56-. The average Bonchev–Trinajstić information content (AvgIpc) is 3.46. The fourth-order valence-corrected chi connectivity index (χ4v) is 8.23. The van der Waals surface area contributed by atoms with Crippen molar-refractivity contribution in [2.45, 2.75) is 264 Å². The lowest BCUT2D eigenvalue weighted by Crippen LogP contribution is -2.30. The van der Waals surface area contributed by atoms with E-state index in [9.17, 15) is 14.4 Å². The predicted molar refractivity (Wildman–Crippen MR) is 348 cm³/mol. The first-order valence-corrected chi connectivity index (χ1v) is 32.1. The molecule has 6 nitrogen and oxygen atoms in total. The third kappa shape index (κ3) is 63.6. The van der Waals surface area contributed by atoms with Crippen molar-refractivity contribution >= 4 is 17.9 Å². The topological polar surface area (TPSA) is 78.9 Å². The molecule has 0 aromatic heterocycles. The number of unbranched alkanes of at least 4 members (excludes halogenated alkanes) is 17. The minimum atomic E-state index is -0.823. The van der Waals surface area contributed by atoms with Crippen LogP contribution in [0.2, 0.25) is 0 Å². The molecule has 448 valence electrons. The summed E-state index contributed by atoms with van der Waals surface area (Å²) in [6.07, 6.45) is 98.0. The lowest BCUT2D eigenvalue weighted by molar-refractivity contribution is -0.167. The highest BCUT2D eigenvalue weighted by atomic mass is 16.6. The van der Waals surface area contributed by atoms with Crippen LogP contribution in [0.1, 0.15) is 258 Å². The zero-order valence-electron chi connectivity index (χ0n) is 51.3. The van der Waals surface area contributed by atoms with E-state index in [1.807, 2.05) is 0 Å². The molecule has 80 heavy (non-hydrogen) atoms. The van der Waals surface area contributed by atoms with E-state index in [0.717, 1.165) is 154 Å². The Bertz CT molecular complexity index is 1840. The van der Waals surface area contributed by atoms with E-state index in [2.05, 4.69) is 191 Å². The summed E-state index contributed by atoms with van der Waals surface area (Å²) in [4.78, 5) is 38.2. The van der Waals surface area contributed by atoms with Crippen molar-refractivity contribution in [2.75, 3.05) is 13.2 Å². The molecule has 6 heteroatoms. The van der Waals surface area contributed by atoms with Crippen molar-refractivity contribution in [3.63, 3.8) is 0 Å². The van der Waals surface area contributed by atoms with Gasteiger partial charge in [0.1, 0.15) is 13.2 Å². The van der Waals surface area contributed by atoms with Gasteiger partial charge in [-0.25, -0.2) is 0 Å². The Hall–Kier alpha value is -5.23. The molecular weight excluding hydrogens is 985 g/mol. The number of ether oxygens (including phenoxy) is 3. The Balaban J connectivity index is 4.39. The maximum atomic E-state index is 12.9. The molecule has 0 heterocycles. The average molecular weight is 1100 g/mol. The maximum Gasteiger partial charge on any atom is 0.306 e. The quantitative estimate of drug-likeness (QED) is 0.0261. The van der Waals surface area contributed by atoms with Crippen molar-refractivity contribution in [3.05, 3.63) is 170 Å². The van der Waals surface area contributed by atoms with Gasteiger partial charge in [0.2, 0.25) is 0 Å². The lowest BCUT2D eigenvalue weighted by Gasteiger charge is -2.18. The van der Waals surface area contributed by atoms with Crippen molar-refractivity contribution in [2.24, 2.45) is 0 Å². The summed E-state index contributed by atoms with van der Waals surface area (Å²) >= 11 is 0. The Morgan fingerprint density at radius 3 is 0.800 bits per heavy atom. The van der Waals surface area contributed by atoms with E-state index in [1.54, 1.807) is 0 Å². The predicted octanol–water partition coefficient (Wildman–Crippen LogP) is 22.3. The number of allylic oxidation sites excluding steroid dienone is 28. The third-order valence-corrected chi connectivity index (χ3v) is 13.0. The van der Waals surface area contributed by atoms with Crippen LogP contribution in [0.4, 0.5) is 0 Å². The second kappa shape index (κ2) is 66.3. The van der Waals surface area contributed by atoms with E-state index >= 15 is 0 Å². The van der Waals surface area contributed by atoms with Crippen LogP contribution in [0.5, 0.6) is 0 Å². The Labute approximate surface area is 492 Å². The van der Waals surface area contributed by atoms with Gasteiger partial charge < -0.3 is 14.2 Å². The molecule has 0 radical (unpaired) electrons. The molecule has 0 spiro atoms. The molecule has 0 saturated carbocycles. The van der Waals surface area contributed by atoms with Gasteiger partial charge in [0.25, 0.3) is 0 Å². The number of carbonyl (C=O) groups is 3. The summed E-state index contributed by atoms with van der Waals surface area (Å²) in [5.41, 5.74) is 0. The minimum Gasteiger partial charge on any atom is -0.462 e. The van der Waals surface area contributed by atoms with Gasteiger partial charge in [-0.2, -0.15) is 0 Å². The molecule has 0 aromatic carbocycles. The molecule has 0 aliphatic heterocycles. The largest absolute Gasteiger partial charge is 0.462 e. The highest BCUT2D eigenvalue weighted by Crippen LogP contribution is 2.14. The molecule has 0 rings (SSSR count). The molecule has 0 saturated heterocycles. The molecule has 0 fully saturated rings. The first-order valence-electron chi connectivity index (χ1n) is 32.1. The van der Waals surface area contributed by atoms with Crippen LogP contribution in [-0.4, -0.2) is 37.2 Å². The summed E-state index contributed by atoms with van der Waals surface area (Å²) in [5.74, 6) is -0.996. The van der Waals surface area contributed by atoms with Crippen molar-refractivity contribution in [3.8, 4) is 0 Å². The number of rotatable bonds is 56. The minimum absolute atomic E-state index is 0.112. The zero-order chi connectivity index (χ0) is 57.8. The smallest absolute Gasteiger partial charge is 0.306 e. The van der Waals surface area contributed by atoms with Crippen LogP contribution in [-0.2, 0) is 28.6 Å². The van der Waals surface area contributed by atoms with Crippen molar-refractivity contribution in [1.82, 2.24) is 0 Å². The van der Waals surface area contributed by atoms with Crippen LogP contribution in [0, 0.1) is 0 Å². The zero-order valence-corrected chi connectivity index (χ0v) is 51.3. The summed E-state index contributed by atoms with van der Waals surface area (Å²) in [7, 11) is 0. The Kier molecular flexibility index (Phi) is 61.9. The normalized spacial score (nSPS) is 13.3. The van der Waals surface area contributed by atoms with E-state index in [1.165, 1.54) is 57.8 Å². The van der Waals surface area contributed by atoms with Gasteiger partial charge in [0.05, 0.1) is 0 Å². The Morgan fingerprint density at radius 2 is 0.500 bits per heavy atom. The molecule has 0 aromatic rings. The van der Waals surface area contributed by atoms with Crippen LogP contribution >= 0.6 is 0 Å². The first kappa shape index (κ1) is 74.8. The number of hydrogen-bond donors (Lipinski definition) is 0. The molecule has 1 unspecified atom stereocenters. The fraction of sp³-hybridized carbons (Fsp3) is 0.581. The fourth-order valence-electron chi connectivity index (χ4n) is 8.23. The molecule has 0 N–H and O–H groups in total. The van der Waals surface area contributed by atoms with Gasteiger partial charge in [0.15, 0.2) is 6.10 Å². The van der Waals surface area contributed by atoms with E-state index in [-0.39, 0.29) is 37.5 Å². The number of hydrogen-bond acceptors (Lipinski definition) is 6. The van der Waals surface area contributed by atoms with E-state index < -0.39 is 6.10 Å². The first-order chi connectivity index (χ1) is 39.5. The molecule has 1 atom stereocenters. The van der Waals surface area contributed by atoms with Gasteiger partial charge in [-0.15, -0.1) is 0 Å². The number of esters is 3. The summed E-state index contributed by atoms with van der Waals surface area (Å²) in [6.45, 7) is 6.34. The highest BCUT2D eigenvalue weighted by Gasteiger charge is 2.19. The van der Waals surface area contributed by atoms with Crippen LogP contribution in [0.25, 0.3) is 0 Å². The molecular formula is C74H116O6. The van der Waals surface area contributed by atoms with Crippen molar-refractivity contribution in [1.29, 1.82) is 0 Å². The molecule has 0 aliphatic carbocycles. The summed E-state index contributed by atoms with van der Waals surface area (Å²) in [6, 6.07) is 0. The van der Waals surface area contributed by atoms with Gasteiger partial charge in [0, 0.05) is 19.3 Å². The van der Waals surface area contributed by atoms with Gasteiger partial charge in [-0.3, -0.25) is 14.4 Å². The molecule has 0 aliphatic rings. The van der Waals surface area contributed by atoms with E-state index in [0.29, 0.717) is 19.3 Å². The lowest BCUT2D eigenvalue weighted by atomic mass is 10.0. The Morgan fingerprint density at radius 1 is 0.263 bits per heavy atom. The second-order valence-electron chi connectivity index (χ2n) is 20.6. The van der Waals surface area contributed by atoms with Crippen LogP contribution in [0.15, 0.2) is 170 Å².